The number of urea groups is 1. The Balaban J connectivity index is 1.66. The number of nitrogens with zero attached hydrogens (tertiary/aromatic N) is 2. The highest BCUT2D eigenvalue weighted by Crippen LogP contribution is 2.22. The molecular weight excluding hydrogens is 391 g/mol. The predicted octanol–water partition coefficient (Wildman–Crippen LogP) is 3.67. The van der Waals surface area contributed by atoms with Crippen molar-refractivity contribution in [2.45, 2.75) is 26.4 Å². The molecule has 0 aromatic heterocycles. The van der Waals surface area contributed by atoms with Crippen molar-refractivity contribution in [2.24, 2.45) is 0 Å². The summed E-state index contributed by atoms with van der Waals surface area (Å²) in [6.07, 6.45) is -0.278. The number of piperazine rings is 1. The third-order valence-corrected chi connectivity index (χ3v) is 4.29. The zero-order chi connectivity index (χ0) is 20.0. The van der Waals surface area contributed by atoms with Crippen LogP contribution in [0.25, 0.3) is 0 Å². The summed E-state index contributed by atoms with van der Waals surface area (Å²) in [5.41, 5.74) is 0.0505. The summed E-state index contributed by atoms with van der Waals surface area (Å²) in [6.45, 7) is 9.47. The molecule has 27 heavy (non-hydrogen) atoms. The number of benzene rings is 1. The molecule has 1 aliphatic rings. The molecule has 1 heterocycles. The Labute approximate surface area is 169 Å². The Morgan fingerprint density at radius 1 is 1.07 bits per heavy atom. The molecule has 1 aromatic rings. The standard InChI is InChI=1S/C18H26Cl2N4O3/c1-18(2,3)27-17(26)24-8-6-23(7-9-24)5-4-21-16(25)22-15-11-13(19)10-14(20)12-15/h10-12H,4-9H2,1-3H3,(H2,21,22,25). The minimum absolute atomic E-state index is 0.278. The van der Waals surface area contributed by atoms with E-state index in [2.05, 4.69) is 15.5 Å². The molecule has 0 aliphatic carbocycles. The highest BCUT2D eigenvalue weighted by Gasteiger charge is 2.25. The Hall–Kier alpha value is -1.70. The van der Waals surface area contributed by atoms with E-state index in [0.717, 1.165) is 13.1 Å². The van der Waals surface area contributed by atoms with E-state index in [4.69, 9.17) is 27.9 Å². The first-order valence-electron chi connectivity index (χ1n) is 8.83. The Morgan fingerprint density at radius 2 is 1.67 bits per heavy atom. The topological polar surface area (TPSA) is 73.9 Å². The van der Waals surface area contributed by atoms with Gasteiger partial charge in [0.1, 0.15) is 5.60 Å². The lowest BCUT2D eigenvalue weighted by molar-refractivity contribution is 0.0147. The van der Waals surface area contributed by atoms with Gasteiger partial charge in [-0.1, -0.05) is 23.2 Å². The van der Waals surface area contributed by atoms with E-state index in [9.17, 15) is 9.59 Å². The fourth-order valence-electron chi connectivity index (χ4n) is 2.61. The predicted molar refractivity (Wildman–Crippen MR) is 108 cm³/mol. The second-order valence-electron chi connectivity index (χ2n) is 7.35. The second kappa shape index (κ2) is 9.48. The second-order valence-corrected chi connectivity index (χ2v) is 8.22. The molecule has 9 heteroatoms. The maximum absolute atomic E-state index is 12.0. The van der Waals surface area contributed by atoms with Crippen molar-refractivity contribution in [3.05, 3.63) is 28.2 Å². The van der Waals surface area contributed by atoms with Gasteiger partial charge in [-0.3, -0.25) is 4.90 Å². The van der Waals surface area contributed by atoms with E-state index in [1.807, 2.05) is 20.8 Å². The van der Waals surface area contributed by atoms with E-state index >= 15 is 0 Å². The van der Waals surface area contributed by atoms with Gasteiger partial charge in [-0.2, -0.15) is 0 Å². The molecule has 1 aromatic carbocycles. The van der Waals surface area contributed by atoms with Crippen LogP contribution < -0.4 is 10.6 Å². The van der Waals surface area contributed by atoms with Crippen molar-refractivity contribution in [1.29, 1.82) is 0 Å². The average molecular weight is 417 g/mol. The van der Waals surface area contributed by atoms with Crippen molar-refractivity contribution in [3.8, 4) is 0 Å². The number of amides is 3. The van der Waals surface area contributed by atoms with Crippen LogP contribution in [0.15, 0.2) is 18.2 Å². The minimum Gasteiger partial charge on any atom is -0.444 e. The number of hydrogen-bond donors (Lipinski definition) is 2. The van der Waals surface area contributed by atoms with Crippen LogP contribution in [0.4, 0.5) is 15.3 Å². The van der Waals surface area contributed by atoms with E-state index < -0.39 is 5.60 Å². The van der Waals surface area contributed by atoms with Crippen LogP contribution in [0, 0.1) is 0 Å². The Bertz CT molecular complexity index is 651. The summed E-state index contributed by atoms with van der Waals surface area (Å²) in [4.78, 5) is 27.9. The van der Waals surface area contributed by atoms with Crippen molar-refractivity contribution >= 4 is 41.0 Å². The largest absolute Gasteiger partial charge is 0.444 e. The zero-order valence-corrected chi connectivity index (χ0v) is 17.4. The SMILES string of the molecule is CC(C)(C)OC(=O)N1CCN(CCNC(=O)Nc2cc(Cl)cc(Cl)c2)CC1. The Kier molecular flexibility index (Phi) is 7.59. The molecule has 3 amide bonds. The molecular formula is C18H26Cl2N4O3. The van der Waals surface area contributed by atoms with Crippen LogP contribution in [0.1, 0.15) is 20.8 Å². The fourth-order valence-corrected chi connectivity index (χ4v) is 3.14. The number of ether oxygens (including phenoxy) is 1. The lowest BCUT2D eigenvalue weighted by Crippen LogP contribution is -2.51. The summed E-state index contributed by atoms with van der Waals surface area (Å²) < 4.78 is 5.38. The summed E-state index contributed by atoms with van der Waals surface area (Å²) in [6, 6.07) is 4.54. The van der Waals surface area contributed by atoms with E-state index in [1.165, 1.54) is 0 Å². The van der Waals surface area contributed by atoms with Crippen molar-refractivity contribution in [1.82, 2.24) is 15.1 Å². The molecule has 2 N–H and O–H groups in total. The number of nitrogens with one attached hydrogen (secondary N) is 2. The van der Waals surface area contributed by atoms with Crippen molar-refractivity contribution < 1.29 is 14.3 Å². The summed E-state index contributed by atoms with van der Waals surface area (Å²) in [7, 11) is 0. The molecule has 1 aliphatic heterocycles. The summed E-state index contributed by atoms with van der Waals surface area (Å²) >= 11 is 11.8. The number of rotatable bonds is 4. The highest BCUT2D eigenvalue weighted by atomic mass is 35.5. The van der Waals surface area contributed by atoms with Gasteiger partial charge in [0.05, 0.1) is 0 Å². The van der Waals surface area contributed by atoms with E-state index in [-0.39, 0.29) is 12.1 Å². The van der Waals surface area contributed by atoms with Gasteiger partial charge in [-0.25, -0.2) is 9.59 Å². The number of anilines is 1. The molecule has 2 rings (SSSR count). The molecule has 0 bridgehead atoms. The maximum atomic E-state index is 12.0. The first kappa shape index (κ1) is 21.6. The van der Waals surface area contributed by atoms with Gasteiger partial charge in [0, 0.05) is 55.0 Å². The van der Waals surface area contributed by atoms with Crippen molar-refractivity contribution in [2.75, 3.05) is 44.6 Å². The van der Waals surface area contributed by atoms with E-state index in [0.29, 0.717) is 41.9 Å². The van der Waals surface area contributed by atoms with Crippen LogP contribution in [-0.2, 0) is 4.74 Å². The lowest BCUT2D eigenvalue weighted by atomic mass is 10.2. The monoisotopic (exact) mass is 416 g/mol. The Morgan fingerprint density at radius 3 is 2.22 bits per heavy atom. The van der Waals surface area contributed by atoms with E-state index in [1.54, 1.807) is 23.1 Å². The molecule has 0 spiro atoms. The van der Waals surface area contributed by atoms with Crippen LogP contribution in [0.5, 0.6) is 0 Å². The number of carbonyl (C=O) groups excluding carboxylic acids is 2. The molecule has 7 nitrogen and oxygen atoms in total. The first-order chi connectivity index (χ1) is 12.6. The number of halogens is 2. The average Bonchev–Trinajstić information content (AvgIpc) is 2.52. The van der Waals surface area contributed by atoms with Crippen molar-refractivity contribution in [3.63, 3.8) is 0 Å². The fraction of sp³-hybridized carbons (Fsp3) is 0.556. The third kappa shape index (κ3) is 7.82. The molecule has 0 unspecified atom stereocenters. The van der Waals surface area contributed by atoms with Gasteiger partial charge in [0.15, 0.2) is 0 Å². The summed E-state index contributed by atoms with van der Waals surface area (Å²) in [5, 5.41) is 6.42. The van der Waals surface area contributed by atoms with Crippen LogP contribution in [0.3, 0.4) is 0 Å². The maximum Gasteiger partial charge on any atom is 0.410 e. The van der Waals surface area contributed by atoms with Crippen LogP contribution >= 0.6 is 23.2 Å². The third-order valence-electron chi connectivity index (χ3n) is 3.86. The van der Waals surface area contributed by atoms with Gasteiger partial charge in [0.25, 0.3) is 0 Å². The van der Waals surface area contributed by atoms with Gasteiger partial charge in [-0.15, -0.1) is 0 Å². The molecule has 150 valence electrons. The van der Waals surface area contributed by atoms with Gasteiger partial charge >= 0.3 is 12.1 Å². The molecule has 1 fully saturated rings. The zero-order valence-electron chi connectivity index (χ0n) is 15.8. The minimum atomic E-state index is -0.487. The first-order valence-corrected chi connectivity index (χ1v) is 9.59. The van der Waals surface area contributed by atoms with Gasteiger partial charge in [0.2, 0.25) is 0 Å². The number of hydrogen-bond acceptors (Lipinski definition) is 4. The van der Waals surface area contributed by atoms with Crippen LogP contribution in [0.2, 0.25) is 10.0 Å². The molecule has 1 saturated heterocycles. The summed E-state index contributed by atoms with van der Waals surface area (Å²) in [5.74, 6) is 0. The molecule has 0 saturated carbocycles. The normalized spacial score (nSPS) is 15.4. The number of carbonyl (C=O) groups is 2. The lowest BCUT2D eigenvalue weighted by Gasteiger charge is -2.35. The van der Waals surface area contributed by atoms with Crippen LogP contribution in [-0.4, -0.2) is 66.8 Å². The highest BCUT2D eigenvalue weighted by molar-refractivity contribution is 6.35. The quantitative estimate of drug-likeness (QED) is 0.784. The van der Waals surface area contributed by atoms with Gasteiger partial charge in [-0.05, 0) is 39.0 Å². The van der Waals surface area contributed by atoms with Gasteiger partial charge < -0.3 is 20.3 Å². The molecule has 0 atom stereocenters. The smallest absolute Gasteiger partial charge is 0.410 e. The molecule has 0 radical (unpaired) electrons.